The first-order valence-electron chi connectivity index (χ1n) is 9.07. The molecule has 0 saturated carbocycles. The number of oxime groups is 1. The summed E-state index contributed by atoms with van der Waals surface area (Å²) in [5, 5.41) is 6.65. The predicted molar refractivity (Wildman–Crippen MR) is 99.5 cm³/mol. The Kier molecular flexibility index (Phi) is 9.55. The Morgan fingerprint density at radius 1 is 1.30 bits per heavy atom. The maximum Gasteiger partial charge on any atom is 0.407 e. The summed E-state index contributed by atoms with van der Waals surface area (Å²) in [6, 6.07) is 0. The lowest BCUT2D eigenvalue weighted by molar-refractivity contribution is -0.120. The van der Waals surface area contributed by atoms with E-state index in [9.17, 15) is 14.4 Å². The number of amides is 3. The summed E-state index contributed by atoms with van der Waals surface area (Å²) in [7, 11) is 0. The Morgan fingerprint density at radius 2 is 1.96 bits per heavy atom. The number of hydrogen-bond acceptors (Lipinski definition) is 7. The van der Waals surface area contributed by atoms with Crippen LogP contribution in [-0.2, 0) is 19.2 Å². The molecule has 10 nitrogen and oxygen atoms in total. The van der Waals surface area contributed by atoms with Gasteiger partial charge >= 0.3 is 6.09 Å². The molecule has 0 aromatic rings. The molecule has 3 amide bonds. The van der Waals surface area contributed by atoms with Gasteiger partial charge in [0, 0.05) is 26.1 Å². The zero-order valence-electron chi connectivity index (χ0n) is 16.3. The van der Waals surface area contributed by atoms with Crippen molar-refractivity contribution in [1.82, 2.24) is 15.6 Å². The molecular formula is C17H31N5O5. The standard InChI is InChI=1S/C17H31N5O5/c1-17(2,3)27-16(25)19-7-4-14(10-15(24)20-18)21-26-11-13-5-8-22(12-23)9-6-13/h12-13H,4-11,18H2,1-3H3,(H,19,25)(H,20,24)/b21-14+. The Labute approximate surface area is 159 Å². The van der Waals surface area contributed by atoms with Crippen molar-refractivity contribution in [1.29, 1.82) is 0 Å². The highest BCUT2D eigenvalue weighted by Gasteiger charge is 2.19. The molecule has 1 fully saturated rings. The van der Waals surface area contributed by atoms with Crippen LogP contribution in [0.25, 0.3) is 0 Å². The summed E-state index contributed by atoms with van der Waals surface area (Å²) in [6.45, 7) is 7.43. The molecule has 1 aliphatic rings. The number of nitrogens with zero attached hydrogens (tertiary/aromatic N) is 2. The average Bonchev–Trinajstić information content (AvgIpc) is 2.60. The second kappa shape index (κ2) is 11.4. The number of hydrazine groups is 1. The molecule has 0 spiro atoms. The number of carbonyl (C=O) groups excluding carboxylic acids is 3. The van der Waals surface area contributed by atoms with Gasteiger partial charge in [0.05, 0.1) is 12.1 Å². The van der Waals surface area contributed by atoms with Crippen molar-refractivity contribution in [3.05, 3.63) is 0 Å². The molecule has 1 saturated heterocycles. The van der Waals surface area contributed by atoms with E-state index >= 15 is 0 Å². The minimum absolute atomic E-state index is 0.0178. The SMILES string of the molecule is CC(C)(C)OC(=O)NCC/C(CC(=O)NN)=N\OCC1CCN(C=O)CC1. The third-order valence-electron chi connectivity index (χ3n) is 3.91. The summed E-state index contributed by atoms with van der Waals surface area (Å²) in [6.07, 6.45) is 2.34. The summed E-state index contributed by atoms with van der Waals surface area (Å²) in [5.74, 6) is 5.04. The molecule has 1 aliphatic heterocycles. The molecule has 27 heavy (non-hydrogen) atoms. The number of nitrogens with two attached hydrogens (primary N) is 1. The fraction of sp³-hybridized carbons (Fsp3) is 0.765. The van der Waals surface area contributed by atoms with Crippen LogP contribution in [0.2, 0.25) is 0 Å². The number of ether oxygens (including phenoxy) is 1. The van der Waals surface area contributed by atoms with Crippen molar-refractivity contribution in [2.24, 2.45) is 16.9 Å². The van der Waals surface area contributed by atoms with E-state index < -0.39 is 17.6 Å². The predicted octanol–water partition coefficient (Wildman–Crippen LogP) is 0.522. The second-order valence-electron chi connectivity index (χ2n) is 7.46. The quantitative estimate of drug-likeness (QED) is 0.174. The van der Waals surface area contributed by atoms with Crippen LogP contribution in [0.4, 0.5) is 4.79 Å². The first kappa shape index (κ1) is 22.7. The van der Waals surface area contributed by atoms with Crippen LogP contribution in [0.1, 0.15) is 46.5 Å². The van der Waals surface area contributed by atoms with Crippen molar-refractivity contribution >= 4 is 24.1 Å². The summed E-state index contributed by atoms with van der Waals surface area (Å²) in [5.41, 5.74) is 1.94. The van der Waals surface area contributed by atoms with Gasteiger partial charge in [-0.3, -0.25) is 15.0 Å². The van der Waals surface area contributed by atoms with Crippen LogP contribution in [0.15, 0.2) is 5.16 Å². The van der Waals surface area contributed by atoms with E-state index in [0.717, 1.165) is 19.3 Å². The first-order valence-corrected chi connectivity index (χ1v) is 9.07. The largest absolute Gasteiger partial charge is 0.444 e. The van der Waals surface area contributed by atoms with Crippen molar-refractivity contribution in [2.75, 3.05) is 26.2 Å². The number of carbonyl (C=O) groups is 3. The van der Waals surface area contributed by atoms with Crippen molar-refractivity contribution in [2.45, 2.75) is 52.1 Å². The number of rotatable bonds is 9. The Morgan fingerprint density at radius 3 is 2.52 bits per heavy atom. The van der Waals surface area contributed by atoms with Crippen molar-refractivity contribution in [3.63, 3.8) is 0 Å². The zero-order valence-corrected chi connectivity index (χ0v) is 16.3. The monoisotopic (exact) mass is 385 g/mol. The van der Waals surface area contributed by atoms with Crippen molar-refractivity contribution < 1.29 is 24.0 Å². The van der Waals surface area contributed by atoms with Crippen LogP contribution in [0.3, 0.4) is 0 Å². The highest BCUT2D eigenvalue weighted by atomic mass is 16.6. The molecule has 0 aromatic heterocycles. The third kappa shape index (κ3) is 10.4. The van der Waals surface area contributed by atoms with Gasteiger partial charge in [0.25, 0.3) is 0 Å². The van der Waals surface area contributed by atoms with E-state index in [0.29, 0.717) is 37.7 Å². The molecule has 0 aromatic carbocycles. The van der Waals surface area contributed by atoms with Gasteiger partial charge in [-0.05, 0) is 39.5 Å². The lowest BCUT2D eigenvalue weighted by Crippen LogP contribution is -2.35. The van der Waals surface area contributed by atoms with Gasteiger partial charge in [-0.1, -0.05) is 5.16 Å². The van der Waals surface area contributed by atoms with E-state index in [4.69, 9.17) is 15.4 Å². The normalized spacial score (nSPS) is 15.9. The Balaban J connectivity index is 2.43. The molecule has 0 atom stereocenters. The highest BCUT2D eigenvalue weighted by Crippen LogP contribution is 2.16. The topological polar surface area (TPSA) is 135 Å². The second-order valence-corrected chi connectivity index (χ2v) is 7.46. The van der Waals surface area contributed by atoms with Crippen LogP contribution < -0.4 is 16.6 Å². The smallest absolute Gasteiger partial charge is 0.407 e. The van der Waals surface area contributed by atoms with Crippen molar-refractivity contribution in [3.8, 4) is 0 Å². The van der Waals surface area contributed by atoms with Gasteiger partial charge in [-0.25, -0.2) is 10.6 Å². The molecular weight excluding hydrogens is 354 g/mol. The molecule has 10 heteroatoms. The van der Waals surface area contributed by atoms with Crippen LogP contribution in [0, 0.1) is 5.92 Å². The number of piperidine rings is 1. The fourth-order valence-electron chi connectivity index (χ4n) is 2.48. The Hall–Kier alpha value is -2.36. The number of nitrogens with one attached hydrogen (secondary N) is 2. The molecule has 1 rings (SSSR count). The molecule has 1 heterocycles. The van der Waals surface area contributed by atoms with E-state index in [2.05, 4.69) is 15.9 Å². The highest BCUT2D eigenvalue weighted by molar-refractivity contribution is 6.00. The van der Waals surface area contributed by atoms with Gasteiger partial charge in [0.2, 0.25) is 12.3 Å². The van der Waals surface area contributed by atoms with E-state index in [1.165, 1.54) is 0 Å². The van der Waals surface area contributed by atoms with Crippen LogP contribution >= 0.6 is 0 Å². The molecule has 0 radical (unpaired) electrons. The van der Waals surface area contributed by atoms with Gasteiger partial charge in [0.1, 0.15) is 12.2 Å². The molecule has 4 N–H and O–H groups in total. The molecule has 0 unspecified atom stereocenters. The van der Waals surface area contributed by atoms with Gasteiger partial charge < -0.3 is 19.8 Å². The summed E-state index contributed by atoms with van der Waals surface area (Å²) in [4.78, 5) is 41.0. The maximum absolute atomic E-state index is 11.7. The van der Waals surface area contributed by atoms with Crippen LogP contribution in [0.5, 0.6) is 0 Å². The number of hydrogen-bond donors (Lipinski definition) is 3. The minimum Gasteiger partial charge on any atom is -0.444 e. The van der Waals surface area contributed by atoms with Gasteiger partial charge in [0.15, 0.2) is 0 Å². The number of likely N-dealkylation sites (tertiary alicyclic amines) is 1. The Bertz CT molecular complexity index is 524. The first-order chi connectivity index (χ1) is 12.7. The van der Waals surface area contributed by atoms with E-state index in [-0.39, 0.29) is 13.0 Å². The van der Waals surface area contributed by atoms with E-state index in [1.807, 2.05) is 0 Å². The van der Waals surface area contributed by atoms with E-state index in [1.54, 1.807) is 25.7 Å². The minimum atomic E-state index is -0.580. The fourth-order valence-corrected chi connectivity index (χ4v) is 2.48. The zero-order chi connectivity index (χ0) is 20.3. The van der Waals surface area contributed by atoms with Gasteiger partial charge in [-0.15, -0.1) is 0 Å². The molecule has 0 aliphatic carbocycles. The summed E-state index contributed by atoms with van der Waals surface area (Å²) >= 11 is 0. The van der Waals surface area contributed by atoms with Gasteiger partial charge in [-0.2, -0.15) is 0 Å². The lowest BCUT2D eigenvalue weighted by atomic mass is 9.98. The molecule has 154 valence electrons. The average molecular weight is 385 g/mol. The third-order valence-corrected chi connectivity index (χ3v) is 3.91. The number of alkyl carbamates (subject to hydrolysis) is 1. The van der Waals surface area contributed by atoms with Crippen LogP contribution in [-0.4, -0.2) is 60.9 Å². The summed E-state index contributed by atoms with van der Waals surface area (Å²) < 4.78 is 5.15. The maximum atomic E-state index is 11.7. The lowest BCUT2D eigenvalue weighted by Gasteiger charge is -2.28. The molecule has 0 bridgehead atoms.